The van der Waals surface area contributed by atoms with E-state index in [2.05, 4.69) is 26.6 Å². The van der Waals surface area contributed by atoms with Crippen molar-refractivity contribution in [3.8, 4) is 0 Å². The highest BCUT2D eigenvalue weighted by atomic mass is 79.9. The second-order valence-corrected chi connectivity index (χ2v) is 9.40. The third-order valence-corrected chi connectivity index (χ3v) is 6.38. The normalized spacial score (nSPS) is 14.1. The van der Waals surface area contributed by atoms with Crippen LogP contribution in [0.3, 0.4) is 0 Å². The first-order valence-corrected chi connectivity index (χ1v) is 11.7. The zero-order valence-corrected chi connectivity index (χ0v) is 20.9. The standard InChI is InChI=1S/C23H18BrCl3N2O4/c24-13-6-9-15(18(27)11-13)21(30)29-19(23(32)33)10-12-4-7-14(8-5-12)28-22(31)20-16(25)2-1-3-17(20)26/h1-4,6-7,9,11,19H,5,8,10H2,(H,28,31)(H,29,30)(H,32,33). The van der Waals surface area contributed by atoms with Gasteiger partial charge in [-0.05, 0) is 55.7 Å². The van der Waals surface area contributed by atoms with Gasteiger partial charge in [-0.2, -0.15) is 0 Å². The monoisotopic (exact) mass is 570 g/mol. The number of allylic oxidation sites excluding steroid dienone is 3. The van der Waals surface area contributed by atoms with Gasteiger partial charge in [0.25, 0.3) is 11.8 Å². The summed E-state index contributed by atoms with van der Waals surface area (Å²) in [6.45, 7) is 0. The molecule has 0 aromatic heterocycles. The third-order valence-electron chi connectivity index (χ3n) is 4.95. The predicted molar refractivity (Wildman–Crippen MR) is 132 cm³/mol. The molecule has 0 aliphatic heterocycles. The van der Waals surface area contributed by atoms with Crippen LogP contribution in [0.5, 0.6) is 0 Å². The summed E-state index contributed by atoms with van der Waals surface area (Å²) in [5.41, 5.74) is 1.85. The second kappa shape index (κ2) is 11.2. The number of carbonyl (C=O) groups is 3. The van der Waals surface area contributed by atoms with Gasteiger partial charge in [0, 0.05) is 10.2 Å². The molecule has 0 fully saturated rings. The van der Waals surface area contributed by atoms with Crippen LogP contribution in [0.1, 0.15) is 40.0 Å². The third kappa shape index (κ3) is 6.60. The zero-order valence-electron chi connectivity index (χ0n) is 17.0. The Hall–Kier alpha value is -2.32. The van der Waals surface area contributed by atoms with Crippen LogP contribution in [0.2, 0.25) is 15.1 Å². The Morgan fingerprint density at radius 2 is 1.67 bits per heavy atom. The summed E-state index contributed by atoms with van der Waals surface area (Å²) in [6.07, 6.45) is 4.55. The number of halogens is 4. The fraction of sp³-hybridized carbons (Fsp3) is 0.174. The summed E-state index contributed by atoms with van der Waals surface area (Å²) < 4.78 is 0.706. The molecule has 0 heterocycles. The lowest BCUT2D eigenvalue weighted by atomic mass is 9.96. The maximum Gasteiger partial charge on any atom is 0.326 e. The van der Waals surface area contributed by atoms with Gasteiger partial charge in [0.2, 0.25) is 0 Å². The number of amides is 2. The lowest BCUT2D eigenvalue weighted by molar-refractivity contribution is -0.139. The van der Waals surface area contributed by atoms with Crippen molar-refractivity contribution in [1.29, 1.82) is 0 Å². The number of nitrogens with one attached hydrogen (secondary N) is 2. The lowest BCUT2D eigenvalue weighted by Gasteiger charge is -2.20. The highest BCUT2D eigenvalue weighted by Crippen LogP contribution is 2.26. The van der Waals surface area contributed by atoms with Gasteiger partial charge in [0.05, 0.1) is 26.2 Å². The van der Waals surface area contributed by atoms with Gasteiger partial charge >= 0.3 is 5.97 Å². The average molecular weight is 573 g/mol. The number of hydrogen-bond acceptors (Lipinski definition) is 3. The minimum absolute atomic E-state index is 0.114. The number of carbonyl (C=O) groups excluding carboxylic acids is 2. The molecule has 1 unspecified atom stereocenters. The van der Waals surface area contributed by atoms with Crippen LogP contribution < -0.4 is 10.6 Å². The van der Waals surface area contributed by atoms with Crippen molar-refractivity contribution in [2.75, 3.05) is 0 Å². The van der Waals surface area contributed by atoms with Crippen LogP contribution >= 0.6 is 50.7 Å². The summed E-state index contributed by atoms with van der Waals surface area (Å²) >= 11 is 21.5. The maximum atomic E-state index is 12.5. The number of aliphatic carboxylic acids is 1. The average Bonchev–Trinajstić information content (AvgIpc) is 2.74. The number of carboxylic acids is 1. The fourth-order valence-electron chi connectivity index (χ4n) is 3.25. The van der Waals surface area contributed by atoms with Crippen LogP contribution in [0, 0.1) is 0 Å². The number of hydrogen-bond donors (Lipinski definition) is 3. The van der Waals surface area contributed by atoms with Crippen molar-refractivity contribution >= 4 is 68.5 Å². The molecule has 172 valence electrons. The van der Waals surface area contributed by atoms with Crippen molar-refractivity contribution in [1.82, 2.24) is 10.6 Å². The zero-order chi connectivity index (χ0) is 24.1. The molecule has 2 aromatic rings. The SMILES string of the molecule is O=C(NC(CC1=CC=C(NC(=O)c2c(Cl)cccc2Cl)CC1)C(=O)O)c1ccc(Br)cc1Cl. The molecule has 10 heteroatoms. The quantitative estimate of drug-likeness (QED) is 0.378. The van der Waals surface area contributed by atoms with Crippen molar-refractivity contribution in [2.45, 2.75) is 25.3 Å². The van der Waals surface area contributed by atoms with Crippen molar-refractivity contribution in [2.24, 2.45) is 0 Å². The van der Waals surface area contributed by atoms with E-state index in [1.54, 1.807) is 42.5 Å². The van der Waals surface area contributed by atoms with Crippen LogP contribution in [0.4, 0.5) is 0 Å². The molecular formula is C23H18BrCl3N2O4. The molecule has 1 aliphatic rings. The van der Waals surface area contributed by atoms with E-state index in [0.717, 1.165) is 5.57 Å². The Bertz CT molecular complexity index is 1160. The highest BCUT2D eigenvalue weighted by molar-refractivity contribution is 9.10. The van der Waals surface area contributed by atoms with E-state index < -0.39 is 23.8 Å². The van der Waals surface area contributed by atoms with E-state index >= 15 is 0 Å². The maximum absolute atomic E-state index is 12.5. The molecular weight excluding hydrogens is 555 g/mol. The van der Waals surface area contributed by atoms with Gasteiger partial charge in [-0.1, -0.05) is 68.4 Å². The smallest absolute Gasteiger partial charge is 0.326 e. The van der Waals surface area contributed by atoms with E-state index in [1.165, 1.54) is 6.07 Å². The molecule has 3 N–H and O–H groups in total. The van der Waals surface area contributed by atoms with Gasteiger partial charge in [-0.3, -0.25) is 9.59 Å². The molecule has 1 atom stereocenters. The van der Waals surface area contributed by atoms with Crippen molar-refractivity contribution in [3.05, 3.63) is 90.5 Å². The first kappa shape index (κ1) is 25.3. The Balaban J connectivity index is 1.66. The number of benzene rings is 2. The van der Waals surface area contributed by atoms with Crippen LogP contribution in [0.25, 0.3) is 0 Å². The van der Waals surface area contributed by atoms with Crippen LogP contribution in [-0.2, 0) is 4.79 Å². The first-order chi connectivity index (χ1) is 15.7. The molecule has 0 radical (unpaired) electrons. The molecule has 1 aliphatic carbocycles. The number of rotatable bonds is 7. The van der Waals surface area contributed by atoms with Crippen molar-refractivity contribution in [3.63, 3.8) is 0 Å². The highest BCUT2D eigenvalue weighted by Gasteiger charge is 2.24. The predicted octanol–water partition coefficient (Wildman–Crippen LogP) is 6.02. The van der Waals surface area contributed by atoms with Crippen molar-refractivity contribution < 1.29 is 19.5 Å². The summed E-state index contributed by atoms with van der Waals surface area (Å²) in [7, 11) is 0. The first-order valence-electron chi connectivity index (χ1n) is 9.78. The second-order valence-electron chi connectivity index (χ2n) is 7.26. The van der Waals surface area contributed by atoms with Crippen LogP contribution in [0.15, 0.2) is 64.3 Å². The minimum Gasteiger partial charge on any atom is -0.480 e. The molecule has 6 nitrogen and oxygen atoms in total. The largest absolute Gasteiger partial charge is 0.480 e. The molecule has 0 saturated heterocycles. The molecule has 2 amide bonds. The van der Waals surface area contributed by atoms with E-state index in [0.29, 0.717) is 23.0 Å². The van der Waals surface area contributed by atoms with Gasteiger partial charge in [0.1, 0.15) is 6.04 Å². The van der Waals surface area contributed by atoms with E-state index in [9.17, 15) is 19.5 Å². The Kier molecular flexibility index (Phi) is 8.59. The Morgan fingerprint density at radius 3 is 2.24 bits per heavy atom. The van der Waals surface area contributed by atoms with Crippen LogP contribution in [-0.4, -0.2) is 28.9 Å². The lowest BCUT2D eigenvalue weighted by Crippen LogP contribution is -2.41. The van der Waals surface area contributed by atoms with Gasteiger partial charge in [-0.25, -0.2) is 4.79 Å². The van der Waals surface area contributed by atoms with Gasteiger partial charge in [-0.15, -0.1) is 0 Å². The molecule has 33 heavy (non-hydrogen) atoms. The van der Waals surface area contributed by atoms with E-state index in [1.807, 2.05) is 0 Å². The molecule has 0 bridgehead atoms. The summed E-state index contributed by atoms with van der Waals surface area (Å²) in [6, 6.07) is 8.41. The van der Waals surface area contributed by atoms with Gasteiger partial charge < -0.3 is 15.7 Å². The van der Waals surface area contributed by atoms with Gasteiger partial charge in [0.15, 0.2) is 0 Å². The van der Waals surface area contributed by atoms with E-state index in [4.69, 9.17) is 34.8 Å². The molecule has 0 spiro atoms. The summed E-state index contributed by atoms with van der Waals surface area (Å²) in [5.74, 6) is -2.15. The molecule has 3 rings (SSSR count). The Morgan fingerprint density at radius 1 is 0.970 bits per heavy atom. The summed E-state index contributed by atoms with van der Waals surface area (Å²) in [5, 5.41) is 15.6. The minimum atomic E-state index is -1.16. The molecule has 0 saturated carbocycles. The number of carboxylic acid groups (broad SMARTS) is 1. The topological polar surface area (TPSA) is 95.5 Å². The van der Waals surface area contributed by atoms with E-state index in [-0.39, 0.29) is 32.6 Å². The molecule has 2 aromatic carbocycles. The summed E-state index contributed by atoms with van der Waals surface area (Å²) in [4.78, 5) is 36.8. The Labute approximate surface area is 213 Å². The fourth-order valence-corrected chi connectivity index (χ4v) is 4.58.